The number of rotatable bonds is 7. The molecule has 2 heterocycles. The molecule has 0 bridgehead atoms. The van der Waals surface area contributed by atoms with Gasteiger partial charge in [0, 0.05) is 4.88 Å². The van der Waals surface area contributed by atoms with Crippen molar-refractivity contribution in [2.45, 2.75) is 0 Å². The van der Waals surface area contributed by atoms with Crippen molar-refractivity contribution in [3.05, 3.63) is 75.0 Å². The normalized spacial score (nSPS) is 11.1. The van der Waals surface area contributed by atoms with E-state index in [9.17, 15) is 18.8 Å². The summed E-state index contributed by atoms with van der Waals surface area (Å²) < 4.78 is 18.3. The average Bonchev–Trinajstić information content (AvgIpc) is 3.37. The SMILES string of the molecule is NC(=O)c1ccsc1NC(=O)COC(=O)/C(=C/c1ccc(F)cc1)c1cccs1. The maximum Gasteiger partial charge on any atom is 0.340 e. The molecule has 0 aliphatic carbocycles. The van der Waals surface area contributed by atoms with Gasteiger partial charge in [0.05, 0.1) is 11.1 Å². The molecule has 1 aromatic carbocycles. The van der Waals surface area contributed by atoms with Gasteiger partial charge in [-0.1, -0.05) is 18.2 Å². The molecule has 3 N–H and O–H groups in total. The minimum Gasteiger partial charge on any atom is -0.452 e. The van der Waals surface area contributed by atoms with E-state index < -0.39 is 24.4 Å². The molecule has 0 unspecified atom stereocenters. The summed E-state index contributed by atoms with van der Waals surface area (Å²) in [5.41, 5.74) is 6.28. The number of carbonyl (C=O) groups is 3. The third kappa shape index (κ3) is 5.37. The largest absolute Gasteiger partial charge is 0.452 e. The van der Waals surface area contributed by atoms with Gasteiger partial charge in [0.1, 0.15) is 10.8 Å². The highest BCUT2D eigenvalue weighted by Gasteiger charge is 2.18. The van der Waals surface area contributed by atoms with Crippen LogP contribution in [0.1, 0.15) is 20.8 Å². The standard InChI is InChI=1S/C20H15FN2O4S2/c21-13-5-3-12(4-6-13)10-15(16-2-1-8-28-16)20(26)27-11-17(24)23-19-14(18(22)25)7-9-29-19/h1-10H,11H2,(H2,22,25)(H,23,24)/b15-10+. The second-order valence-corrected chi connectivity index (χ2v) is 7.60. The second-order valence-electron chi connectivity index (χ2n) is 5.74. The molecule has 3 rings (SSSR count). The van der Waals surface area contributed by atoms with Gasteiger partial charge in [0.2, 0.25) is 0 Å². The third-order valence-corrected chi connectivity index (χ3v) is 5.44. The topological polar surface area (TPSA) is 98.5 Å². The summed E-state index contributed by atoms with van der Waals surface area (Å²) >= 11 is 2.47. The van der Waals surface area contributed by atoms with E-state index in [-0.39, 0.29) is 17.0 Å². The van der Waals surface area contributed by atoms with Crippen LogP contribution in [-0.4, -0.2) is 24.4 Å². The number of primary amides is 1. The third-order valence-electron chi connectivity index (χ3n) is 3.71. The van der Waals surface area contributed by atoms with Gasteiger partial charge in [0.15, 0.2) is 6.61 Å². The molecule has 29 heavy (non-hydrogen) atoms. The van der Waals surface area contributed by atoms with Crippen molar-refractivity contribution in [2.24, 2.45) is 5.73 Å². The van der Waals surface area contributed by atoms with Crippen molar-refractivity contribution in [1.82, 2.24) is 0 Å². The Bertz CT molecular complexity index is 1060. The summed E-state index contributed by atoms with van der Waals surface area (Å²) in [7, 11) is 0. The van der Waals surface area contributed by atoms with Gasteiger partial charge in [-0.15, -0.1) is 22.7 Å². The van der Waals surface area contributed by atoms with E-state index in [1.54, 1.807) is 29.0 Å². The van der Waals surface area contributed by atoms with Crippen molar-refractivity contribution in [2.75, 3.05) is 11.9 Å². The molecule has 2 aromatic heterocycles. The second kappa shape index (κ2) is 9.26. The zero-order valence-electron chi connectivity index (χ0n) is 14.9. The van der Waals surface area contributed by atoms with E-state index in [0.717, 1.165) is 11.3 Å². The molecular formula is C20H15FN2O4S2. The molecule has 0 spiro atoms. The number of thiophene rings is 2. The van der Waals surface area contributed by atoms with Crippen LogP contribution in [0.3, 0.4) is 0 Å². The number of ether oxygens (including phenoxy) is 1. The van der Waals surface area contributed by atoms with E-state index >= 15 is 0 Å². The van der Waals surface area contributed by atoms with Crippen molar-refractivity contribution in [3.63, 3.8) is 0 Å². The van der Waals surface area contributed by atoms with Crippen molar-refractivity contribution >= 4 is 57.1 Å². The first-order valence-electron chi connectivity index (χ1n) is 8.29. The molecule has 3 aromatic rings. The summed E-state index contributed by atoms with van der Waals surface area (Å²) in [6.45, 7) is -0.541. The highest BCUT2D eigenvalue weighted by Crippen LogP contribution is 2.25. The first kappa shape index (κ1) is 20.4. The summed E-state index contributed by atoms with van der Waals surface area (Å²) in [6.07, 6.45) is 1.57. The molecule has 6 nitrogen and oxygen atoms in total. The van der Waals surface area contributed by atoms with Crippen LogP contribution in [0.25, 0.3) is 11.6 Å². The van der Waals surface area contributed by atoms with Crippen LogP contribution in [0.2, 0.25) is 0 Å². The number of halogens is 1. The fourth-order valence-electron chi connectivity index (χ4n) is 2.36. The summed E-state index contributed by atoms with van der Waals surface area (Å²) in [4.78, 5) is 36.6. The summed E-state index contributed by atoms with van der Waals surface area (Å²) in [6, 6.07) is 10.7. The van der Waals surface area contributed by atoms with Gasteiger partial charge in [-0.3, -0.25) is 9.59 Å². The molecule has 148 valence electrons. The van der Waals surface area contributed by atoms with E-state index in [2.05, 4.69) is 5.32 Å². The minimum atomic E-state index is -0.701. The zero-order chi connectivity index (χ0) is 20.8. The summed E-state index contributed by atoms with van der Waals surface area (Å²) in [5, 5.41) is 6.21. The van der Waals surface area contributed by atoms with Crippen molar-refractivity contribution in [1.29, 1.82) is 0 Å². The van der Waals surface area contributed by atoms with Crippen LogP contribution in [0, 0.1) is 5.82 Å². The predicted octanol–water partition coefficient (Wildman–Crippen LogP) is 3.77. The van der Waals surface area contributed by atoms with Gasteiger partial charge >= 0.3 is 5.97 Å². The lowest BCUT2D eigenvalue weighted by atomic mass is 10.1. The Morgan fingerprint density at radius 2 is 1.83 bits per heavy atom. The van der Waals surface area contributed by atoms with E-state index in [4.69, 9.17) is 10.5 Å². The van der Waals surface area contributed by atoms with Crippen LogP contribution in [-0.2, 0) is 14.3 Å². The van der Waals surface area contributed by atoms with Crippen molar-refractivity contribution in [3.8, 4) is 0 Å². The highest BCUT2D eigenvalue weighted by molar-refractivity contribution is 7.14. The quantitative estimate of drug-likeness (QED) is 0.440. The van der Waals surface area contributed by atoms with Gasteiger partial charge in [-0.2, -0.15) is 0 Å². The lowest BCUT2D eigenvalue weighted by molar-refractivity contribution is -0.141. The maximum absolute atomic E-state index is 13.1. The van der Waals surface area contributed by atoms with Gasteiger partial charge in [-0.05, 0) is 46.7 Å². The van der Waals surface area contributed by atoms with Crippen LogP contribution in [0.5, 0.6) is 0 Å². The Kier molecular flexibility index (Phi) is 6.53. The molecule has 0 radical (unpaired) electrons. The van der Waals surface area contributed by atoms with E-state index in [1.807, 2.05) is 0 Å². The molecule has 2 amide bonds. The lowest BCUT2D eigenvalue weighted by Crippen LogP contribution is -2.22. The van der Waals surface area contributed by atoms with Crippen LogP contribution >= 0.6 is 22.7 Å². The van der Waals surface area contributed by atoms with Crippen molar-refractivity contribution < 1.29 is 23.5 Å². The Labute approximate surface area is 173 Å². The smallest absolute Gasteiger partial charge is 0.340 e. The Morgan fingerprint density at radius 1 is 1.07 bits per heavy atom. The monoisotopic (exact) mass is 430 g/mol. The molecular weight excluding hydrogens is 415 g/mol. The number of hydrogen-bond donors (Lipinski definition) is 2. The molecule has 0 aliphatic heterocycles. The van der Waals surface area contributed by atoms with E-state index in [1.165, 1.54) is 41.7 Å². The number of anilines is 1. The number of esters is 1. The molecule has 0 aliphatic rings. The van der Waals surface area contributed by atoms with Crippen LogP contribution < -0.4 is 11.1 Å². The number of nitrogens with one attached hydrogen (secondary N) is 1. The molecule has 0 atom stereocenters. The first-order chi connectivity index (χ1) is 13.9. The number of amides is 2. The Hall–Kier alpha value is -3.30. The van der Waals surface area contributed by atoms with Crippen LogP contribution in [0.15, 0.2) is 53.2 Å². The number of hydrogen-bond acceptors (Lipinski definition) is 6. The fourth-order valence-corrected chi connectivity index (χ4v) is 3.90. The molecule has 0 saturated heterocycles. The Balaban J connectivity index is 1.70. The molecule has 9 heteroatoms. The van der Waals surface area contributed by atoms with E-state index in [0.29, 0.717) is 15.4 Å². The number of carbonyl (C=O) groups excluding carboxylic acids is 3. The molecule has 0 saturated carbocycles. The van der Waals surface area contributed by atoms with Gasteiger partial charge < -0.3 is 15.8 Å². The number of benzene rings is 1. The Morgan fingerprint density at radius 3 is 2.48 bits per heavy atom. The first-order valence-corrected chi connectivity index (χ1v) is 10.1. The zero-order valence-corrected chi connectivity index (χ0v) is 16.5. The summed E-state index contributed by atoms with van der Waals surface area (Å²) in [5.74, 6) is -2.35. The predicted molar refractivity (Wildman–Crippen MR) is 111 cm³/mol. The number of nitrogens with two attached hydrogens (primary N) is 1. The maximum atomic E-state index is 13.1. The lowest BCUT2D eigenvalue weighted by Gasteiger charge is -2.08. The average molecular weight is 430 g/mol. The van der Waals surface area contributed by atoms with Gasteiger partial charge in [-0.25, -0.2) is 9.18 Å². The fraction of sp³-hybridized carbons (Fsp3) is 0.0500. The van der Waals surface area contributed by atoms with Crippen LogP contribution in [0.4, 0.5) is 9.39 Å². The highest BCUT2D eigenvalue weighted by atomic mass is 32.1. The minimum absolute atomic E-state index is 0.185. The molecule has 0 fully saturated rings. The van der Waals surface area contributed by atoms with Gasteiger partial charge in [0.25, 0.3) is 11.8 Å².